The molecule has 0 fully saturated rings. The van der Waals surface area contributed by atoms with E-state index in [-0.39, 0.29) is 61.3 Å². The monoisotopic (exact) mass is 1400 g/mol. The number of benzene rings is 10. The van der Waals surface area contributed by atoms with E-state index in [0.717, 1.165) is 86.0 Å². The lowest BCUT2D eigenvalue weighted by Crippen LogP contribution is -2.28. The molecule has 0 saturated heterocycles. The van der Waals surface area contributed by atoms with Crippen LogP contribution in [0, 0.1) is 11.8 Å². The second-order valence-corrected chi connectivity index (χ2v) is 25.6. The Morgan fingerprint density at radius 3 is 0.895 bits per heavy atom. The Kier molecular flexibility index (Phi) is 27.8. The van der Waals surface area contributed by atoms with Crippen LogP contribution in [0.3, 0.4) is 0 Å². The number of phenolic OH excluding ortho intramolecular Hbond substituents is 2. The van der Waals surface area contributed by atoms with Gasteiger partial charge in [-0.3, -0.25) is 0 Å². The summed E-state index contributed by atoms with van der Waals surface area (Å²) in [6, 6.07) is 82.3. The summed E-state index contributed by atoms with van der Waals surface area (Å²) in [5, 5.41) is 47.9. The molecule has 0 bridgehead atoms. The van der Waals surface area contributed by atoms with Crippen LogP contribution in [0.5, 0.6) is 23.0 Å². The number of aromatic nitrogens is 6. The Labute approximate surface area is 613 Å². The van der Waals surface area contributed by atoms with E-state index >= 15 is 0 Å². The first-order chi connectivity index (χ1) is 51.2. The van der Waals surface area contributed by atoms with Crippen molar-refractivity contribution >= 4 is 11.9 Å². The molecule has 2 aromatic heterocycles. The summed E-state index contributed by atoms with van der Waals surface area (Å²) in [4.78, 5) is 53.9. The van der Waals surface area contributed by atoms with Crippen molar-refractivity contribution in [2.24, 2.45) is 11.8 Å². The van der Waals surface area contributed by atoms with Gasteiger partial charge in [-0.25, -0.2) is 39.5 Å². The number of ether oxygens (including phenoxy) is 4. The van der Waals surface area contributed by atoms with Crippen LogP contribution in [0.4, 0.5) is 0 Å². The summed E-state index contributed by atoms with van der Waals surface area (Å²) in [6.07, 6.45) is 4.91. The molecule has 12 aromatic rings. The quantitative estimate of drug-likeness (QED) is 0.0226. The number of unbranched alkanes of at least 4 members (excludes halogenated alkanes) is 5. The molecule has 0 saturated carbocycles. The summed E-state index contributed by atoms with van der Waals surface area (Å²) in [5.41, 5.74) is 12.8. The number of aliphatic hydroxyl groups is 3. The van der Waals surface area contributed by atoms with Crippen LogP contribution < -0.4 is 9.47 Å². The van der Waals surface area contributed by atoms with Crippen molar-refractivity contribution in [1.29, 1.82) is 0 Å². The first-order valence-electron chi connectivity index (χ1n) is 35.5. The summed E-state index contributed by atoms with van der Waals surface area (Å²) in [6.45, 7) is 9.47. The van der Waals surface area contributed by atoms with E-state index < -0.39 is 24.1 Å². The number of phenols is 2. The lowest BCUT2D eigenvalue weighted by Gasteiger charge is -2.16. The normalized spacial score (nSPS) is 11.8. The van der Waals surface area contributed by atoms with Gasteiger partial charge < -0.3 is 44.5 Å². The fraction of sp³-hybridized carbons (Fsp3) is 0.227. The van der Waals surface area contributed by atoms with Crippen molar-refractivity contribution in [3.63, 3.8) is 0 Å². The van der Waals surface area contributed by atoms with E-state index in [1.165, 1.54) is 31.4 Å². The number of carbonyl (C=O) groups is 2. The predicted octanol–water partition coefficient (Wildman–Crippen LogP) is 18.0. The first-order valence-corrected chi connectivity index (χ1v) is 35.5. The van der Waals surface area contributed by atoms with E-state index in [2.05, 4.69) is 55.5 Å². The van der Waals surface area contributed by atoms with E-state index in [4.69, 9.17) is 59.1 Å². The highest BCUT2D eigenvalue weighted by molar-refractivity contribution is 5.78. The van der Waals surface area contributed by atoms with Gasteiger partial charge in [-0.1, -0.05) is 271 Å². The highest BCUT2D eigenvalue weighted by atomic mass is 16.6. The molecule has 0 amide bonds. The zero-order valence-corrected chi connectivity index (χ0v) is 59.7. The molecule has 0 radical (unpaired) electrons. The number of nitrogens with zero attached hydrogens (tertiary/aromatic N) is 6. The number of aromatic hydroxyl groups is 2. The maximum Gasteiger partial charge on any atom is 0.347 e. The molecule has 5 N–H and O–H groups in total. The first kappa shape index (κ1) is 75.9. The summed E-state index contributed by atoms with van der Waals surface area (Å²) >= 11 is 0. The summed E-state index contributed by atoms with van der Waals surface area (Å²) in [5.74, 6) is 1.72. The Bertz CT molecular complexity index is 4490. The van der Waals surface area contributed by atoms with Gasteiger partial charge in [0.05, 0.1) is 24.3 Å². The van der Waals surface area contributed by atoms with Crippen LogP contribution >= 0.6 is 0 Å². The van der Waals surface area contributed by atoms with E-state index in [0.29, 0.717) is 52.6 Å². The van der Waals surface area contributed by atoms with Gasteiger partial charge >= 0.3 is 11.9 Å². The molecule has 2 heterocycles. The van der Waals surface area contributed by atoms with Crippen LogP contribution in [-0.4, -0.2) is 113 Å². The lowest BCUT2D eigenvalue weighted by molar-refractivity contribution is -0.153. The second kappa shape index (κ2) is 38.5. The minimum absolute atomic E-state index is 0.0463. The third-order valence-corrected chi connectivity index (χ3v) is 17.2. The average molecular weight is 1410 g/mol. The van der Waals surface area contributed by atoms with Gasteiger partial charge in [-0.05, 0) is 89.0 Å². The topological polar surface area (TPSA) is 250 Å². The molecule has 105 heavy (non-hydrogen) atoms. The van der Waals surface area contributed by atoms with Crippen molar-refractivity contribution in [3.8, 4) is 136 Å². The maximum absolute atomic E-state index is 12.6. The Balaban J connectivity index is 0.000000209. The standard InChI is InChI=1S/C44H43N3O4.C40H35N3O5.C4H10O2/c1-3-4-5-6-7-14-29-50-44(49)31(2)51-38-27-28-39(40(48)30-38)43-46-41(36-23-19-34(20-24-36)32-15-10-8-11-16-32)45-42(47-43)37-25-21-35(22-26-37)33-17-12-9-13-18-33;1-26(24-44)25-47-40(46)27(2)48-34-21-22-35(36(45)23-34)39-42-37(32-17-13-30(14-18-32)28-9-5-3-6-10-28)41-38(43-39)33-19-15-31(16-20-33)29-11-7-4-8-12-29;1-4(2-5)3-6/h8-13,15-28,30-31,48H,3-7,14,29H2,1-2H3;3-23,26-27,44-45H,24-25H2,1-2H3;4-6H,2-3H2,1H3. The van der Waals surface area contributed by atoms with Crippen molar-refractivity contribution < 1.29 is 54.1 Å². The molecule has 0 aliphatic rings. The van der Waals surface area contributed by atoms with Crippen molar-refractivity contribution in [2.75, 3.05) is 33.0 Å². The Morgan fingerprint density at radius 1 is 0.324 bits per heavy atom. The molecule has 0 aliphatic heterocycles. The summed E-state index contributed by atoms with van der Waals surface area (Å²) < 4.78 is 22.2. The highest BCUT2D eigenvalue weighted by Crippen LogP contribution is 2.37. The molecular weight excluding hydrogens is 1320 g/mol. The zero-order chi connectivity index (χ0) is 73.9. The second-order valence-electron chi connectivity index (χ2n) is 25.6. The highest BCUT2D eigenvalue weighted by Gasteiger charge is 2.23. The fourth-order valence-corrected chi connectivity index (χ4v) is 11.0. The lowest BCUT2D eigenvalue weighted by atomic mass is 10.0. The van der Waals surface area contributed by atoms with Crippen molar-refractivity contribution in [3.05, 3.63) is 255 Å². The number of rotatable bonds is 28. The van der Waals surface area contributed by atoms with Crippen molar-refractivity contribution in [2.45, 2.75) is 85.4 Å². The summed E-state index contributed by atoms with van der Waals surface area (Å²) in [7, 11) is 0. The minimum atomic E-state index is -0.922. The maximum atomic E-state index is 12.6. The molecule has 0 aliphatic carbocycles. The van der Waals surface area contributed by atoms with Gasteiger partial charge in [0.25, 0.3) is 0 Å². The van der Waals surface area contributed by atoms with Gasteiger partial charge in [0, 0.05) is 66.0 Å². The molecule has 12 rings (SSSR count). The van der Waals surface area contributed by atoms with E-state index in [9.17, 15) is 24.9 Å². The van der Waals surface area contributed by atoms with Crippen LogP contribution in [-0.2, 0) is 19.1 Å². The van der Waals surface area contributed by atoms with E-state index in [1.54, 1.807) is 52.0 Å². The Morgan fingerprint density at radius 2 is 0.600 bits per heavy atom. The van der Waals surface area contributed by atoms with Crippen LogP contribution in [0.15, 0.2) is 255 Å². The third-order valence-electron chi connectivity index (χ3n) is 17.2. The minimum Gasteiger partial charge on any atom is -0.507 e. The molecule has 3 unspecified atom stereocenters. The SMILES string of the molecule is CC(CO)CO.CC(CO)COC(=O)C(C)Oc1ccc(-c2nc(-c3ccc(-c4ccccc4)cc3)nc(-c3ccc(-c4ccccc4)cc3)n2)c(O)c1.CCCCCCCCOC(=O)C(C)Oc1ccc(-c2nc(-c3ccc(-c4ccccc4)cc3)nc(-c3ccc(-c4ccccc4)cc3)n2)c(O)c1. The number of esters is 2. The zero-order valence-electron chi connectivity index (χ0n) is 59.7. The molecule has 536 valence electrons. The van der Waals surface area contributed by atoms with Crippen LogP contribution in [0.1, 0.15) is 73.1 Å². The molecule has 3 atom stereocenters. The fourth-order valence-electron chi connectivity index (χ4n) is 11.0. The average Bonchev–Trinajstić information content (AvgIpc) is 0.793. The predicted molar refractivity (Wildman–Crippen MR) is 412 cm³/mol. The van der Waals surface area contributed by atoms with E-state index in [1.807, 2.05) is 170 Å². The van der Waals surface area contributed by atoms with Crippen LogP contribution in [0.25, 0.3) is 113 Å². The number of hydrogen-bond acceptors (Lipinski definition) is 17. The molecule has 17 nitrogen and oxygen atoms in total. The molecule has 17 heteroatoms. The smallest absolute Gasteiger partial charge is 0.347 e. The molecule has 10 aromatic carbocycles. The number of carbonyl (C=O) groups excluding carboxylic acids is 2. The van der Waals surface area contributed by atoms with Gasteiger partial charge in [0.2, 0.25) is 0 Å². The van der Waals surface area contributed by atoms with Gasteiger partial charge in [0.1, 0.15) is 23.0 Å². The molecule has 0 spiro atoms. The van der Waals surface area contributed by atoms with Crippen LogP contribution in [0.2, 0.25) is 0 Å². The Hall–Kier alpha value is -11.8. The number of aliphatic hydroxyl groups excluding tert-OH is 3. The largest absolute Gasteiger partial charge is 0.507 e. The van der Waals surface area contributed by atoms with Gasteiger partial charge in [-0.15, -0.1) is 0 Å². The van der Waals surface area contributed by atoms with Crippen molar-refractivity contribution in [1.82, 2.24) is 29.9 Å². The van der Waals surface area contributed by atoms with Gasteiger partial charge in [-0.2, -0.15) is 0 Å². The molecular formula is C88H88N6O11. The third kappa shape index (κ3) is 21.7. The van der Waals surface area contributed by atoms with Gasteiger partial charge in [0.15, 0.2) is 47.2 Å². The number of hydrogen-bond donors (Lipinski definition) is 5.